The molecule has 0 radical (unpaired) electrons. The molecule has 1 fully saturated rings. The highest BCUT2D eigenvalue weighted by Gasteiger charge is 2.28. The van der Waals surface area contributed by atoms with Crippen LogP contribution in [0.2, 0.25) is 0 Å². The molecule has 2 amide bonds. The van der Waals surface area contributed by atoms with Gasteiger partial charge < -0.3 is 15.0 Å². The molecule has 0 saturated heterocycles. The molecule has 0 aliphatic heterocycles. The molecule has 1 aliphatic rings. The minimum atomic E-state index is -0.596. The number of nitrogens with one attached hydrogen (secondary N) is 1. The van der Waals surface area contributed by atoms with Gasteiger partial charge in [0.15, 0.2) is 6.61 Å². The van der Waals surface area contributed by atoms with Gasteiger partial charge in [0.2, 0.25) is 5.91 Å². The summed E-state index contributed by atoms with van der Waals surface area (Å²) in [6, 6.07) is 13.6. The molecule has 3 rings (SSSR count). The fourth-order valence-corrected chi connectivity index (χ4v) is 4.84. The second-order valence-corrected chi connectivity index (χ2v) is 11.6. The van der Waals surface area contributed by atoms with E-state index in [0.29, 0.717) is 12.3 Å². The molecule has 1 atom stereocenters. The summed E-state index contributed by atoms with van der Waals surface area (Å²) in [6.07, 6.45) is 5.52. The van der Waals surface area contributed by atoms with Crippen LogP contribution < -0.4 is 10.1 Å². The summed E-state index contributed by atoms with van der Waals surface area (Å²) in [4.78, 5) is 28.1. The van der Waals surface area contributed by atoms with E-state index < -0.39 is 6.04 Å². The summed E-state index contributed by atoms with van der Waals surface area (Å²) in [6.45, 7) is 10.5. The van der Waals surface area contributed by atoms with E-state index in [1.54, 1.807) is 11.8 Å². The number of rotatable bonds is 8. The van der Waals surface area contributed by atoms with Crippen LogP contribution in [0.1, 0.15) is 76.5 Å². The van der Waals surface area contributed by atoms with Gasteiger partial charge in [-0.3, -0.25) is 9.59 Å². The van der Waals surface area contributed by atoms with Crippen molar-refractivity contribution in [2.75, 3.05) is 6.61 Å². The third-order valence-electron chi connectivity index (χ3n) is 6.74. The zero-order chi connectivity index (χ0) is 25.6. The lowest BCUT2D eigenvalue weighted by Gasteiger charge is -2.31. The van der Waals surface area contributed by atoms with Crippen LogP contribution >= 0.6 is 15.9 Å². The molecule has 0 aromatic heterocycles. The molecular weight excluding hydrogens is 504 g/mol. The number of halogens is 1. The summed E-state index contributed by atoms with van der Waals surface area (Å²) < 4.78 is 6.73. The van der Waals surface area contributed by atoms with Crippen LogP contribution in [0.25, 0.3) is 0 Å². The molecule has 1 saturated carbocycles. The normalized spacial score (nSPS) is 15.4. The quantitative estimate of drug-likeness (QED) is 0.425. The molecule has 0 heterocycles. The summed E-state index contributed by atoms with van der Waals surface area (Å²) in [7, 11) is 0. The number of hydrogen-bond acceptors (Lipinski definition) is 3. The molecule has 0 unspecified atom stereocenters. The highest BCUT2D eigenvalue weighted by Crippen LogP contribution is 2.31. The molecule has 190 valence electrons. The lowest BCUT2D eigenvalue weighted by molar-refractivity contribution is -0.142. The first-order valence-corrected chi connectivity index (χ1v) is 13.4. The Hall–Kier alpha value is -2.34. The van der Waals surface area contributed by atoms with Crippen molar-refractivity contribution in [3.05, 3.63) is 63.6 Å². The zero-order valence-electron chi connectivity index (χ0n) is 21.7. The lowest BCUT2D eigenvalue weighted by atomic mass is 9.87. The monoisotopic (exact) mass is 542 g/mol. The number of aryl methyl sites for hydroxylation is 1. The fraction of sp³-hybridized carbons (Fsp3) is 0.517. The van der Waals surface area contributed by atoms with Crippen LogP contribution in [0.15, 0.2) is 46.9 Å². The number of ether oxygens (including phenoxy) is 1. The Labute approximate surface area is 218 Å². The van der Waals surface area contributed by atoms with Gasteiger partial charge in [0.05, 0.1) is 4.47 Å². The van der Waals surface area contributed by atoms with Crippen molar-refractivity contribution in [1.82, 2.24) is 10.2 Å². The van der Waals surface area contributed by atoms with Crippen LogP contribution in [-0.2, 0) is 21.5 Å². The molecular formula is C29H39BrN2O3. The topological polar surface area (TPSA) is 58.6 Å². The standard InChI is InChI=1S/C29H39BrN2O3/c1-20-11-13-22(14-12-20)18-32(21(2)28(34)31-24-9-7-6-8-10-24)27(33)19-35-26-16-15-23(17-25(26)30)29(3,4)5/h11-17,21,24H,6-10,18-19H2,1-5H3,(H,31,34)/t21-/m0/s1. The summed E-state index contributed by atoms with van der Waals surface area (Å²) in [5.74, 6) is 0.290. The summed E-state index contributed by atoms with van der Waals surface area (Å²) >= 11 is 3.58. The highest BCUT2D eigenvalue weighted by molar-refractivity contribution is 9.10. The maximum absolute atomic E-state index is 13.4. The van der Waals surface area contributed by atoms with Crippen molar-refractivity contribution >= 4 is 27.7 Å². The SMILES string of the molecule is Cc1ccc(CN(C(=O)COc2ccc(C(C)(C)C)cc2Br)[C@@H](C)C(=O)NC2CCCCC2)cc1. The molecule has 5 nitrogen and oxygen atoms in total. The van der Waals surface area contributed by atoms with Crippen molar-refractivity contribution in [2.24, 2.45) is 0 Å². The van der Waals surface area contributed by atoms with E-state index in [1.165, 1.54) is 12.0 Å². The first-order chi connectivity index (χ1) is 16.5. The second-order valence-electron chi connectivity index (χ2n) is 10.7. The van der Waals surface area contributed by atoms with Crippen molar-refractivity contribution < 1.29 is 14.3 Å². The summed E-state index contributed by atoms with van der Waals surface area (Å²) in [5, 5.41) is 3.17. The van der Waals surface area contributed by atoms with Crippen LogP contribution in [0.4, 0.5) is 0 Å². The molecule has 2 aromatic carbocycles. The van der Waals surface area contributed by atoms with E-state index in [1.807, 2.05) is 49.4 Å². The van der Waals surface area contributed by atoms with Crippen LogP contribution in [0.5, 0.6) is 5.75 Å². The number of hydrogen-bond donors (Lipinski definition) is 1. The Morgan fingerprint density at radius 2 is 1.74 bits per heavy atom. The predicted molar refractivity (Wildman–Crippen MR) is 145 cm³/mol. The van der Waals surface area contributed by atoms with Gasteiger partial charge in [-0.25, -0.2) is 0 Å². The molecule has 0 spiro atoms. The largest absolute Gasteiger partial charge is 0.483 e. The van der Waals surface area contributed by atoms with E-state index in [0.717, 1.165) is 41.3 Å². The minimum Gasteiger partial charge on any atom is -0.483 e. The Morgan fingerprint density at radius 1 is 1.09 bits per heavy atom. The van der Waals surface area contributed by atoms with Gasteiger partial charge in [0.1, 0.15) is 11.8 Å². The Kier molecular flexibility index (Phi) is 9.40. The van der Waals surface area contributed by atoms with Crippen LogP contribution in [0.3, 0.4) is 0 Å². The summed E-state index contributed by atoms with van der Waals surface area (Å²) in [5.41, 5.74) is 3.33. The second kappa shape index (κ2) is 12.1. The van der Waals surface area contributed by atoms with E-state index >= 15 is 0 Å². The number of benzene rings is 2. The van der Waals surface area contributed by atoms with E-state index in [-0.39, 0.29) is 29.9 Å². The maximum atomic E-state index is 13.4. The van der Waals surface area contributed by atoms with Crippen LogP contribution in [0, 0.1) is 6.92 Å². The predicted octanol–water partition coefficient (Wildman–Crippen LogP) is 6.30. The number of carbonyl (C=O) groups excluding carboxylic acids is 2. The van der Waals surface area contributed by atoms with Crippen molar-refractivity contribution in [2.45, 2.75) is 90.8 Å². The molecule has 1 N–H and O–H groups in total. The fourth-order valence-electron chi connectivity index (χ4n) is 4.35. The molecule has 35 heavy (non-hydrogen) atoms. The molecule has 2 aromatic rings. The van der Waals surface area contributed by atoms with Crippen molar-refractivity contribution in [3.8, 4) is 5.75 Å². The Balaban J connectivity index is 1.72. The third-order valence-corrected chi connectivity index (χ3v) is 7.36. The number of amides is 2. The maximum Gasteiger partial charge on any atom is 0.261 e. The minimum absolute atomic E-state index is 0.0167. The van der Waals surface area contributed by atoms with Gasteiger partial charge in [0, 0.05) is 12.6 Å². The number of nitrogens with zero attached hydrogens (tertiary/aromatic N) is 1. The third kappa shape index (κ3) is 7.83. The van der Waals surface area contributed by atoms with Gasteiger partial charge >= 0.3 is 0 Å². The van der Waals surface area contributed by atoms with Gasteiger partial charge in [-0.05, 0) is 71.3 Å². The first kappa shape index (κ1) is 27.3. The van der Waals surface area contributed by atoms with E-state index in [9.17, 15) is 9.59 Å². The molecule has 1 aliphatic carbocycles. The zero-order valence-corrected chi connectivity index (χ0v) is 23.3. The Morgan fingerprint density at radius 3 is 2.34 bits per heavy atom. The van der Waals surface area contributed by atoms with Crippen molar-refractivity contribution in [1.29, 1.82) is 0 Å². The van der Waals surface area contributed by atoms with Gasteiger partial charge in [0.25, 0.3) is 5.91 Å². The van der Waals surface area contributed by atoms with Gasteiger partial charge in [-0.1, -0.05) is 75.9 Å². The highest BCUT2D eigenvalue weighted by atomic mass is 79.9. The Bertz CT molecular complexity index is 1010. The van der Waals surface area contributed by atoms with E-state index in [4.69, 9.17) is 4.74 Å². The number of carbonyl (C=O) groups is 2. The van der Waals surface area contributed by atoms with Gasteiger partial charge in [-0.2, -0.15) is 0 Å². The molecule has 6 heteroatoms. The van der Waals surface area contributed by atoms with Gasteiger partial charge in [-0.15, -0.1) is 0 Å². The average Bonchev–Trinajstić information content (AvgIpc) is 2.82. The first-order valence-electron chi connectivity index (χ1n) is 12.6. The van der Waals surface area contributed by atoms with Crippen molar-refractivity contribution in [3.63, 3.8) is 0 Å². The average molecular weight is 544 g/mol. The molecule has 0 bridgehead atoms. The van der Waals surface area contributed by atoms with Crippen LogP contribution in [-0.4, -0.2) is 35.4 Å². The lowest BCUT2D eigenvalue weighted by Crippen LogP contribution is -2.51. The smallest absolute Gasteiger partial charge is 0.261 e. The van der Waals surface area contributed by atoms with E-state index in [2.05, 4.69) is 42.0 Å².